The van der Waals surface area contributed by atoms with Crippen LogP contribution in [0.5, 0.6) is 0 Å². The minimum Gasteiger partial charge on any atom is -0.392 e. The van der Waals surface area contributed by atoms with Gasteiger partial charge in [-0.1, -0.05) is 30.3 Å². The number of amides is 1. The molecule has 0 bridgehead atoms. The first-order valence-corrected chi connectivity index (χ1v) is 9.08. The summed E-state index contributed by atoms with van der Waals surface area (Å²) < 4.78 is 0. The summed E-state index contributed by atoms with van der Waals surface area (Å²) >= 11 is 0. The summed E-state index contributed by atoms with van der Waals surface area (Å²) in [6.07, 6.45) is 3.09. The predicted octanol–water partition coefficient (Wildman–Crippen LogP) is 0.875. The van der Waals surface area contributed by atoms with Crippen LogP contribution in [0, 0.1) is 0 Å². The first-order valence-electron chi connectivity index (χ1n) is 9.08. The summed E-state index contributed by atoms with van der Waals surface area (Å²) in [6.45, 7) is 3.36. The lowest BCUT2D eigenvalue weighted by Gasteiger charge is -2.38. The van der Waals surface area contributed by atoms with Crippen molar-refractivity contribution in [3.8, 4) is 0 Å². The molecule has 24 heavy (non-hydrogen) atoms. The van der Waals surface area contributed by atoms with Gasteiger partial charge >= 0.3 is 0 Å². The number of hydrogen-bond acceptors (Lipinski definition) is 4. The van der Waals surface area contributed by atoms with Crippen molar-refractivity contribution in [2.24, 2.45) is 0 Å². The fourth-order valence-electron chi connectivity index (χ4n) is 3.78. The molecule has 2 heterocycles. The fourth-order valence-corrected chi connectivity index (χ4v) is 3.78. The van der Waals surface area contributed by atoms with Gasteiger partial charge in [0, 0.05) is 19.1 Å². The molecule has 5 heteroatoms. The highest BCUT2D eigenvalue weighted by atomic mass is 16.3. The molecule has 1 aromatic rings. The molecule has 2 aliphatic heterocycles. The Morgan fingerprint density at radius 2 is 2.00 bits per heavy atom. The van der Waals surface area contributed by atoms with E-state index in [4.69, 9.17) is 0 Å². The van der Waals surface area contributed by atoms with Gasteiger partial charge in [0.15, 0.2) is 0 Å². The molecular weight excluding hydrogens is 302 g/mol. The van der Waals surface area contributed by atoms with Crippen LogP contribution >= 0.6 is 0 Å². The summed E-state index contributed by atoms with van der Waals surface area (Å²) in [5.41, 5.74) is 1.27. The molecule has 3 rings (SSSR count). The van der Waals surface area contributed by atoms with Crippen LogP contribution in [-0.2, 0) is 11.2 Å². The van der Waals surface area contributed by atoms with E-state index < -0.39 is 6.10 Å². The number of carbonyl (C=O) groups excluding carboxylic acids is 1. The number of nitrogens with zero attached hydrogens (tertiary/aromatic N) is 2. The van der Waals surface area contributed by atoms with Gasteiger partial charge in [-0.05, 0) is 51.4 Å². The topological polar surface area (TPSA) is 55.8 Å². The molecule has 2 N–H and O–H groups in total. The number of aliphatic hydroxyl groups excluding tert-OH is 1. The second-order valence-electron chi connectivity index (χ2n) is 7.15. The number of likely N-dealkylation sites (tertiary alicyclic amines) is 1. The Labute approximate surface area is 144 Å². The Bertz CT molecular complexity index is 529. The molecule has 2 aliphatic rings. The molecule has 0 saturated carbocycles. The van der Waals surface area contributed by atoms with Crippen molar-refractivity contribution in [3.63, 3.8) is 0 Å². The van der Waals surface area contributed by atoms with E-state index in [9.17, 15) is 9.90 Å². The molecule has 0 radical (unpaired) electrons. The third-order valence-corrected chi connectivity index (χ3v) is 5.30. The van der Waals surface area contributed by atoms with Gasteiger partial charge in [0.25, 0.3) is 0 Å². The van der Waals surface area contributed by atoms with E-state index in [0.717, 1.165) is 38.9 Å². The normalized spacial score (nSPS) is 25.8. The third kappa shape index (κ3) is 4.35. The van der Waals surface area contributed by atoms with Crippen LogP contribution in [-0.4, -0.2) is 72.2 Å². The number of piperidine rings is 1. The van der Waals surface area contributed by atoms with Crippen molar-refractivity contribution in [2.45, 2.75) is 43.9 Å². The number of hydrogen-bond donors (Lipinski definition) is 2. The summed E-state index contributed by atoms with van der Waals surface area (Å²) in [5.74, 6) is 0.164. The van der Waals surface area contributed by atoms with Gasteiger partial charge in [-0.25, -0.2) is 0 Å². The van der Waals surface area contributed by atoms with E-state index in [0.29, 0.717) is 19.0 Å². The van der Waals surface area contributed by atoms with Crippen molar-refractivity contribution in [2.75, 3.05) is 33.2 Å². The molecule has 0 spiro atoms. The van der Waals surface area contributed by atoms with Crippen LogP contribution in [0.25, 0.3) is 0 Å². The average Bonchev–Trinajstić information content (AvgIpc) is 3.04. The summed E-state index contributed by atoms with van der Waals surface area (Å²) in [5, 5.41) is 12.9. The second-order valence-corrected chi connectivity index (χ2v) is 7.15. The largest absolute Gasteiger partial charge is 0.392 e. The van der Waals surface area contributed by atoms with E-state index in [1.807, 2.05) is 18.2 Å². The van der Waals surface area contributed by atoms with Crippen molar-refractivity contribution in [1.29, 1.82) is 0 Å². The first-order chi connectivity index (χ1) is 11.6. The Kier molecular flexibility index (Phi) is 5.87. The van der Waals surface area contributed by atoms with E-state index in [-0.39, 0.29) is 11.9 Å². The van der Waals surface area contributed by atoms with Gasteiger partial charge in [-0.15, -0.1) is 0 Å². The van der Waals surface area contributed by atoms with Gasteiger partial charge in [-0.3, -0.25) is 4.79 Å². The molecular formula is C19H29N3O2. The van der Waals surface area contributed by atoms with Crippen molar-refractivity contribution in [1.82, 2.24) is 15.1 Å². The van der Waals surface area contributed by atoms with Crippen LogP contribution < -0.4 is 5.32 Å². The van der Waals surface area contributed by atoms with E-state index in [2.05, 4.69) is 34.3 Å². The number of rotatable bonds is 5. The van der Waals surface area contributed by atoms with Crippen LogP contribution in [0.3, 0.4) is 0 Å². The second kappa shape index (κ2) is 8.10. The summed E-state index contributed by atoms with van der Waals surface area (Å²) in [6, 6.07) is 10.4. The first kappa shape index (κ1) is 17.4. The zero-order chi connectivity index (χ0) is 16.9. The minimum absolute atomic E-state index is 0.164. The quantitative estimate of drug-likeness (QED) is 0.841. The maximum Gasteiger partial charge on any atom is 0.240 e. The van der Waals surface area contributed by atoms with Gasteiger partial charge in [0.2, 0.25) is 5.91 Å². The summed E-state index contributed by atoms with van der Waals surface area (Å²) in [7, 11) is 2.14. The molecule has 0 aliphatic carbocycles. The van der Waals surface area contributed by atoms with Gasteiger partial charge < -0.3 is 20.2 Å². The molecule has 5 nitrogen and oxygen atoms in total. The van der Waals surface area contributed by atoms with Crippen LogP contribution in [0.4, 0.5) is 0 Å². The van der Waals surface area contributed by atoms with Crippen LogP contribution in [0.2, 0.25) is 0 Å². The average molecular weight is 331 g/mol. The maximum atomic E-state index is 13.0. The highest BCUT2D eigenvalue weighted by molar-refractivity contribution is 5.82. The lowest BCUT2D eigenvalue weighted by molar-refractivity contribution is -0.136. The van der Waals surface area contributed by atoms with Crippen molar-refractivity contribution < 1.29 is 9.90 Å². The predicted molar refractivity (Wildman–Crippen MR) is 94.8 cm³/mol. The number of carbonyl (C=O) groups is 1. The van der Waals surface area contributed by atoms with E-state index in [1.165, 1.54) is 5.56 Å². The lowest BCUT2D eigenvalue weighted by Crippen LogP contribution is -2.52. The molecule has 2 fully saturated rings. The Morgan fingerprint density at radius 3 is 2.62 bits per heavy atom. The highest BCUT2D eigenvalue weighted by Crippen LogP contribution is 2.20. The number of nitrogens with one attached hydrogen (secondary N) is 1. The Balaban J connectivity index is 1.67. The third-order valence-electron chi connectivity index (χ3n) is 5.30. The number of aliphatic hydroxyl groups is 1. The van der Waals surface area contributed by atoms with E-state index in [1.54, 1.807) is 0 Å². The highest BCUT2D eigenvalue weighted by Gasteiger charge is 2.35. The van der Waals surface area contributed by atoms with Gasteiger partial charge in [0.1, 0.15) is 0 Å². The Morgan fingerprint density at radius 1 is 1.29 bits per heavy atom. The van der Waals surface area contributed by atoms with Crippen molar-refractivity contribution >= 4 is 5.91 Å². The molecule has 1 amide bonds. The Hall–Kier alpha value is -1.43. The van der Waals surface area contributed by atoms with Crippen LogP contribution in [0.15, 0.2) is 30.3 Å². The molecule has 132 valence electrons. The molecule has 1 aromatic carbocycles. The number of benzene rings is 1. The molecule has 0 unspecified atom stereocenters. The minimum atomic E-state index is -0.396. The monoisotopic (exact) mass is 331 g/mol. The van der Waals surface area contributed by atoms with Crippen molar-refractivity contribution in [3.05, 3.63) is 35.9 Å². The maximum absolute atomic E-state index is 13.0. The molecule has 0 aromatic heterocycles. The lowest BCUT2D eigenvalue weighted by atomic mass is 10.0. The number of β-amino-alcohol motifs (C(OH)–C–C–N with tert-alkyl or cyclic N) is 1. The van der Waals surface area contributed by atoms with Gasteiger partial charge in [0.05, 0.1) is 12.1 Å². The zero-order valence-corrected chi connectivity index (χ0v) is 14.5. The standard InChI is InChI=1S/C19H29N3O2/c1-21-10-8-16(9-11-21)22(12-7-15-5-3-2-4-6-15)19(24)18-13-17(23)14-20-18/h2-6,16-18,20,23H,7-14H2,1H3/t17-,18+/m1/s1. The molecule has 2 atom stereocenters. The molecule has 2 saturated heterocycles. The summed E-state index contributed by atoms with van der Waals surface area (Å²) in [4.78, 5) is 17.4. The van der Waals surface area contributed by atoms with Crippen LogP contribution in [0.1, 0.15) is 24.8 Å². The van der Waals surface area contributed by atoms with Gasteiger partial charge in [-0.2, -0.15) is 0 Å². The van der Waals surface area contributed by atoms with E-state index >= 15 is 0 Å². The zero-order valence-electron chi connectivity index (χ0n) is 14.5. The SMILES string of the molecule is CN1CCC(N(CCc2ccccc2)C(=O)[C@@H]2C[C@@H](O)CN2)CC1. The fraction of sp³-hybridized carbons (Fsp3) is 0.632. The smallest absolute Gasteiger partial charge is 0.240 e.